The Kier molecular flexibility index (Phi) is 4.96. The fraction of sp³-hybridized carbons (Fsp3) is 0.500. The van der Waals surface area contributed by atoms with E-state index in [2.05, 4.69) is 0 Å². The van der Waals surface area contributed by atoms with E-state index in [1.54, 1.807) is 17.0 Å². The number of nitrogens with zero attached hydrogens (tertiary/aromatic N) is 1. The van der Waals surface area contributed by atoms with Gasteiger partial charge in [-0.2, -0.15) is 0 Å². The highest BCUT2D eigenvalue weighted by molar-refractivity contribution is 5.97. The molecule has 1 unspecified atom stereocenters. The van der Waals surface area contributed by atoms with Gasteiger partial charge in [-0.1, -0.05) is 6.07 Å². The Hall–Kier alpha value is -1.88. The zero-order chi connectivity index (χ0) is 15.4. The first-order valence-corrected chi connectivity index (χ1v) is 7.25. The molecule has 0 aliphatic carbocycles. The van der Waals surface area contributed by atoms with Gasteiger partial charge in [0.05, 0.1) is 24.3 Å². The predicted octanol–water partition coefficient (Wildman–Crippen LogP) is 2.41. The van der Waals surface area contributed by atoms with Gasteiger partial charge >= 0.3 is 5.97 Å². The first-order valence-electron chi connectivity index (χ1n) is 7.25. The van der Waals surface area contributed by atoms with Crippen molar-refractivity contribution in [3.05, 3.63) is 35.4 Å². The molecule has 1 amide bonds. The van der Waals surface area contributed by atoms with E-state index in [1.165, 1.54) is 12.1 Å². The van der Waals surface area contributed by atoms with Gasteiger partial charge in [0.2, 0.25) is 0 Å². The molecule has 0 bridgehead atoms. The fourth-order valence-electron chi connectivity index (χ4n) is 2.53. The lowest BCUT2D eigenvalue weighted by atomic mass is 10.1. The first kappa shape index (κ1) is 15.5. The van der Waals surface area contributed by atoms with Crippen LogP contribution in [-0.4, -0.2) is 47.2 Å². The van der Waals surface area contributed by atoms with Crippen LogP contribution in [0.2, 0.25) is 0 Å². The number of rotatable bonds is 5. The number of carbonyl (C=O) groups excluding carboxylic acids is 1. The summed E-state index contributed by atoms with van der Waals surface area (Å²) in [6.45, 7) is 5.17. The highest BCUT2D eigenvalue weighted by Crippen LogP contribution is 2.21. The van der Waals surface area contributed by atoms with E-state index in [0.29, 0.717) is 18.7 Å². The van der Waals surface area contributed by atoms with Gasteiger partial charge in [0.15, 0.2) is 0 Å². The highest BCUT2D eigenvalue weighted by atomic mass is 16.5. The molecule has 0 aromatic heterocycles. The molecule has 1 atom stereocenters. The van der Waals surface area contributed by atoms with Crippen LogP contribution in [0.25, 0.3) is 0 Å². The van der Waals surface area contributed by atoms with E-state index in [1.807, 2.05) is 13.8 Å². The summed E-state index contributed by atoms with van der Waals surface area (Å²) in [5, 5.41) is 9.01. The summed E-state index contributed by atoms with van der Waals surface area (Å²) >= 11 is 0. The molecule has 2 rings (SSSR count). The normalized spacial score (nSPS) is 18.2. The molecule has 5 heteroatoms. The number of ether oxygens (including phenoxy) is 1. The summed E-state index contributed by atoms with van der Waals surface area (Å²) in [6, 6.07) is 6.26. The molecule has 114 valence electrons. The molecule has 1 fully saturated rings. The van der Waals surface area contributed by atoms with Crippen molar-refractivity contribution >= 4 is 11.9 Å². The van der Waals surface area contributed by atoms with Gasteiger partial charge in [-0.25, -0.2) is 4.79 Å². The fourth-order valence-corrected chi connectivity index (χ4v) is 2.53. The lowest BCUT2D eigenvalue weighted by molar-refractivity contribution is 0.0326. The van der Waals surface area contributed by atoms with Crippen LogP contribution in [0, 0.1) is 0 Å². The Labute approximate surface area is 124 Å². The van der Waals surface area contributed by atoms with E-state index in [4.69, 9.17) is 9.84 Å². The monoisotopic (exact) mass is 291 g/mol. The zero-order valence-corrected chi connectivity index (χ0v) is 12.4. The third kappa shape index (κ3) is 3.82. The lowest BCUT2D eigenvalue weighted by Crippen LogP contribution is -2.38. The van der Waals surface area contributed by atoms with Crippen molar-refractivity contribution < 1.29 is 19.4 Å². The molecule has 1 aliphatic rings. The maximum absolute atomic E-state index is 12.6. The molecule has 1 aliphatic heterocycles. The average molecular weight is 291 g/mol. The molecule has 1 saturated heterocycles. The summed E-state index contributed by atoms with van der Waals surface area (Å²) in [5.74, 6) is -1.14. The number of carboxylic acids is 1. The van der Waals surface area contributed by atoms with Crippen LogP contribution in [-0.2, 0) is 4.74 Å². The molecule has 21 heavy (non-hydrogen) atoms. The number of carbonyl (C=O) groups is 2. The summed E-state index contributed by atoms with van der Waals surface area (Å²) in [5.41, 5.74) is 0.557. The van der Waals surface area contributed by atoms with Gasteiger partial charge < -0.3 is 14.7 Å². The SMILES string of the molecule is CC(C)OCC1CCCN1C(=O)c1cccc(C(=O)O)c1. The largest absolute Gasteiger partial charge is 0.478 e. The standard InChI is InChI=1S/C16H21NO4/c1-11(2)21-10-14-7-4-8-17(14)15(18)12-5-3-6-13(9-12)16(19)20/h3,5-6,9,11,14H,4,7-8,10H2,1-2H3,(H,19,20). The summed E-state index contributed by atoms with van der Waals surface area (Å²) in [7, 11) is 0. The van der Waals surface area contributed by atoms with Gasteiger partial charge in [-0.3, -0.25) is 4.79 Å². The number of hydrogen-bond donors (Lipinski definition) is 1. The molecule has 0 saturated carbocycles. The van der Waals surface area contributed by atoms with Crippen LogP contribution in [0.4, 0.5) is 0 Å². The third-order valence-electron chi connectivity index (χ3n) is 3.62. The number of benzene rings is 1. The molecular weight excluding hydrogens is 270 g/mol. The summed E-state index contributed by atoms with van der Waals surface area (Å²) < 4.78 is 5.62. The van der Waals surface area contributed by atoms with E-state index in [-0.39, 0.29) is 23.6 Å². The van der Waals surface area contributed by atoms with Crippen LogP contribution < -0.4 is 0 Å². The number of aromatic carboxylic acids is 1. The minimum atomic E-state index is -1.02. The van der Waals surface area contributed by atoms with Gasteiger partial charge in [-0.05, 0) is 44.9 Å². The van der Waals surface area contributed by atoms with E-state index in [0.717, 1.165) is 12.8 Å². The molecule has 1 N–H and O–H groups in total. The highest BCUT2D eigenvalue weighted by Gasteiger charge is 2.29. The van der Waals surface area contributed by atoms with Crippen molar-refractivity contribution in [2.75, 3.05) is 13.2 Å². The van der Waals surface area contributed by atoms with Crippen LogP contribution in [0.5, 0.6) is 0 Å². The maximum atomic E-state index is 12.6. The Bertz CT molecular complexity index is 527. The minimum absolute atomic E-state index is 0.0772. The van der Waals surface area contributed by atoms with Gasteiger partial charge in [0.25, 0.3) is 5.91 Å². The number of likely N-dealkylation sites (tertiary alicyclic amines) is 1. The second-order valence-electron chi connectivity index (χ2n) is 5.56. The molecule has 5 nitrogen and oxygen atoms in total. The van der Waals surface area contributed by atoms with Crippen LogP contribution in [0.3, 0.4) is 0 Å². The van der Waals surface area contributed by atoms with Gasteiger partial charge in [0, 0.05) is 12.1 Å². The molecule has 0 spiro atoms. The van der Waals surface area contributed by atoms with E-state index in [9.17, 15) is 9.59 Å². The number of hydrogen-bond acceptors (Lipinski definition) is 3. The second-order valence-corrected chi connectivity index (χ2v) is 5.56. The molecule has 0 radical (unpaired) electrons. The third-order valence-corrected chi connectivity index (χ3v) is 3.62. The van der Waals surface area contributed by atoms with Crippen molar-refractivity contribution in [2.24, 2.45) is 0 Å². The molecular formula is C16H21NO4. The maximum Gasteiger partial charge on any atom is 0.335 e. The number of carboxylic acid groups (broad SMARTS) is 1. The second kappa shape index (κ2) is 6.72. The summed E-state index contributed by atoms with van der Waals surface area (Å²) in [6.07, 6.45) is 2.02. The minimum Gasteiger partial charge on any atom is -0.478 e. The van der Waals surface area contributed by atoms with Crippen LogP contribution in [0.1, 0.15) is 47.4 Å². The van der Waals surface area contributed by atoms with Crippen LogP contribution >= 0.6 is 0 Å². The van der Waals surface area contributed by atoms with Crippen molar-refractivity contribution in [3.63, 3.8) is 0 Å². The zero-order valence-electron chi connectivity index (χ0n) is 12.4. The van der Waals surface area contributed by atoms with Gasteiger partial charge in [-0.15, -0.1) is 0 Å². The van der Waals surface area contributed by atoms with Gasteiger partial charge in [0.1, 0.15) is 0 Å². The Morgan fingerprint density at radius 1 is 1.38 bits per heavy atom. The molecule has 1 heterocycles. The topological polar surface area (TPSA) is 66.8 Å². The summed E-state index contributed by atoms with van der Waals surface area (Å²) in [4.78, 5) is 25.3. The Balaban J connectivity index is 2.11. The predicted molar refractivity (Wildman–Crippen MR) is 78.5 cm³/mol. The lowest BCUT2D eigenvalue weighted by Gasteiger charge is -2.25. The Morgan fingerprint density at radius 2 is 2.10 bits per heavy atom. The van der Waals surface area contributed by atoms with Crippen molar-refractivity contribution in [1.82, 2.24) is 4.90 Å². The van der Waals surface area contributed by atoms with E-state index < -0.39 is 5.97 Å². The van der Waals surface area contributed by atoms with E-state index >= 15 is 0 Å². The van der Waals surface area contributed by atoms with Crippen molar-refractivity contribution in [2.45, 2.75) is 38.8 Å². The quantitative estimate of drug-likeness (QED) is 0.904. The molecule has 1 aromatic rings. The number of amides is 1. The first-order chi connectivity index (χ1) is 9.99. The molecule has 1 aromatic carbocycles. The van der Waals surface area contributed by atoms with Crippen molar-refractivity contribution in [1.29, 1.82) is 0 Å². The Morgan fingerprint density at radius 3 is 2.76 bits per heavy atom. The smallest absolute Gasteiger partial charge is 0.335 e. The average Bonchev–Trinajstić information content (AvgIpc) is 2.92. The van der Waals surface area contributed by atoms with Crippen molar-refractivity contribution in [3.8, 4) is 0 Å². The van der Waals surface area contributed by atoms with Crippen LogP contribution in [0.15, 0.2) is 24.3 Å².